The van der Waals surface area contributed by atoms with Gasteiger partial charge in [0.1, 0.15) is 5.54 Å². The maximum atomic E-state index is 12.0. The number of carbonyl (C=O) groups is 1. The van der Waals surface area contributed by atoms with E-state index < -0.39 is 5.54 Å². The number of carbonyl (C=O) groups excluding carboxylic acids is 1. The molecule has 0 aromatic heterocycles. The molecule has 0 aromatic rings. The van der Waals surface area contributed by atoms with Crippen LogP contribution in [0.15, 0.2) is 0 Å². The van der Waals surface area contributed by atoms with Gasteiger partial charge in [-0.3, -0.25) is 4.79 Å². The van der Waals surface area contributed by atoms with Crippen molar-refractivity contribution in [2.24, 2.45) is 5.92 Å². The van der Waals surface area contributed by atoms with Crippen molar-refractivity contribution >= 4 is 5.97 Å². The van der Waals surface area contributed by atoms with E-state index in [1.807, 2.05) is 20.9 Å². The van der Waals surface area contributed by atoms with Crippen LogP contribution in [0.4, 0.5) is 0 Å². The zero-order valence-electron chi connectivity index (χ0n) is 14.3. The summed E-state index contributed by atoms with van der Waals surface area (Å²) in [5, 5.41) is 3.12. The summed E-state index contributed by atoms with van der Waals surface area (Å²) in [6.07, 6.45) is 3.21. The second kappa shape index (κ2) is 10.2. The molecule has 0 aromatic carbocycles. The van der Waals surface area contributed by atoms with Crippen molar-refractivity contribution in [3.05, 3.63) is 0 Å². The molecule has 0 rings (SSSR count). The lowest BCUT2D eigenvalue weighted by molar-refractivity contribution is -0.150. The molecule has 0 fully saturated rings. The molecule has 120 valence electrons. The number of nitrogens with zero attached hydrogens (tertiary/aromatic N) is 1. The molecule has 1 unspecified atom stereocenters. The lowest BCUT2D eigenvalue weighted by Crippen LogP contribution is -2.50. The van der Waals surface area contributed by atoms with Crippen LogP contribution in [0.3, 0.4) is 0 Å². The Hall–Kier alpha value is -0.610. The number of ether oxygens (including phenoxy) is 1. The molecular formula is C16H34N2O2. The lowest BCUT2D eigenvalue weighted by Gasteiger charge is -2.31. The number of likely N-dealkylation sites (N-methyl/N-ethyl adjacent to an activating group) is 1. The van der Waals surface area contributed by atoms with Gasteiger partial charge >= 0.3 is 5.97 Å². The molecular weight excluding hydrogens is 252 g/mol. The van der Waals surface area contributed by atoms with Gasteiger partial charge in [0.15, 0.2) is 0 Å². The molecule has 4 heteroatoms. The van der Waals surface area contributed by atoms with E-state index in [4.69, 9.17) is 4.74 Å². The molecule has 0 radical (unpaired) electrons. The van der Waals surface area contributed by atoms with Crippen LogP contribution < -0.4 is 5.32 Å². The van der Waals surface area contributed by atoms with Gasteiger partial charge < -0.3 is 15.0 Å². The minimum atomic E-state index is -0.586. The molecule has 0 spiro atoms. The van der Waals surface area contributed by atoms with Crippen LogP contribution in [0.25, 0.3) is 0 Å². The maximum absolute atomic E-state index is 12.0. The van der Waals surface area contributed by atoms with E-state index in [1.54, 1.807) is 0 Å². The zero-order chi connectivity index (χ0) is 15.6. The molecule has 0 bridgehead atoms. The van der Waals surface area contributed by atoms with E-state index in [-0.39, 0.29) is 5.97 Å². The van der Waals surface area contributed by atoms with Crippen LogP contribution in [0, 0.1) is 5.92 Å². The average molecular weight is 286 g/mol. The third-order valence-electron chi connectivity index (χ3n) is 4.32. The summed E-state index contributed by atoms with van der Waals surface area (Å²) in [6.45, 7) is 13.9. The van der Waals surface area contributed by atoms with Crippen LogP contribution in [-0.4, -0.2) is 49.7 Å². The van der Waals surface area contributed by atoms with E-state index in [1.165, 1.54) is 12.8 Å². The fourth-order valence-electron chi connectivity index (χ4n) is 2.29. The fourth-order valence-corrected chi connectivity index (χ4v) is 2.29. The highest BCUT2D eigenvalue weighted by molar-refractivity contribution is 5.80. The van der Waals surface area contributed by atoms with Gasteiger partial charge in [0.05, 0.1) is 6.61 Å². The topological polar surface area (TPSA) is 41.6 Å². The van der Waals surface area contributed by atoms with Crippen molar-refractivity contribution in [2.75, 3.05) is 33.3 Å². The highest BCUT2D eigenvalue weighted by atomic mass is 16.5. The molecule has 0 heterocycles. The second-order valence-corrected chi connectivity index (χ2v) is 5.63. The fraction of sp³-hybridized carbons (Fsp3) is 0.938. The van der Waals surface area contributed by atoms with Crippen molar-refractivity contribution in [3.8, 4) is 0 Å². The van der Waals surface area contributed by atoms with Crippen molar-refractivity contribution in [3.63, 3.8) is 0 Å². The number of hydrogen-bond acceptors (Lipinski definition) is 4. The number of rotatable bonds is 11. The lowest BCUT2D eigenvalue weighted by atomic mass is 9.97. The molecule has 1 N–H and O–H groups in total. The van der Waals surface area contributed by atoms with Gasteiger partial charge in [-0.25, -0.2) is 0 Å². The van der Waals surface area contributed by atoms with Crippen molar-refractivity contribution < 1.29 is 9.53 Å². The van der Waals surface area contributed by atoms with Crippen LogP contribution in [0.5, 0.6) is 0 Å². The van der Waals surface area contributed by atoms with E-state index in [9.17, 15) is 4.79 Å². The smallest absolute Gasteiger partial charge is 0.326 e. The summed E-state index contributed by atoms with van der Waals surface area (Å²) in [4.78, 5) is 14.5. The largest absolute Gasteiger partial charge is 0.465 e. The highest BCUT2D eigenvalue weighted by Gasteiger charge is 2.33. The molecule has 0 saturated heterocycles. The summed E-state index contributed by atoms with van der Waals surface area (Å²) in [5.74, 6) is 0.597. The second-order valence-electron chi connectivity index (χ2n) is 5.63. The van der Waals surface area contributed by atoms with Crippen LogP contribution in [-0.2, 0) is 9.53 Å². The first-order chi connectivity index (χ1) is 9.47. The van der Waals surface area contributed by atoms with Gasteiger partial charge in [0, 0.05) is 13.1 Å². The normalized spacial score (nSPS) is 14.6. The van der Waals surface area contributed by atoms with Crippen LogP contribution in [0.2, 0.25) is 0 Å². The highest BCUT2D eigenvalue weighted by Crippen LogP contribution is 2.15. The Labute approximate surface area is 125 Å². The SMILES string of the molecule is CCOC(=O)C(C)(CCN(CC)CC(CC)CC)NC. The number of nitrogens with one attached hydrogen (secondary N) is 1. The van der Waals surface area contributed by atoms with E-state index >= 15 is 0 Å². The monoisotopic (exact) mass is 286 g/mol. The first-order valence-electron chi connectivity index (χ1n) is 8.05. The predicted molar refractivity (Wildman–Crippen MR) is 84.9 cm³/mol. The molecule has 1 atom stereocenters. The van der Waals surface area contributed by atoms with Crippen LogP contribution >= 0.6 is 0 Å². The van der Waals surface area contributed by atoms with E-state index in [0.717, 1.165) is 32.0 Å². The molecule has 0 saturated carbocycles. The Morgan fingerprint density at radius 3 is 2.25 bits per heavy atom. The summed E-state index contributed by atoms with van der Waals surface area (Å²) >= 11 is 0. The standard InChI is InChI=1S/C16H34N2O2/c1-7-14(8-2)13-18(9-3)12-11-16(5,17-6)15(19)20-10-4/h14,17H,7-13H2,1-6H3. The van der Waals surface area contributed by atoms with Crippen molar-refractivity contribution in [1.82, 2.24) is 10.2 Å². The molecule has 4 nitrogen and oxygen atoms in total. The summed E-state index contributed by atoms with van der Waals surface area (Å²) in [5.41, 5.74) is -0.586. The van der Waals surface area contributed by atoms with Gasteiger partial charge in [-0.1, -0.05) is 33.6 Å². The third-order valence-corrected chi connectivity index (χ3v) is 4.32. The Balaban J connectivity index is 4.47. The maximum Gasteiger partial charge on any atom is 0.326 e. The summed E-state index contributed by atoms with van der Waals surface area (Å²) < 4.78 is 5.17. The van der Waals surface area contributed by atoms with Gasteiger partial charge in [0.2, 0.25) is 0 Å². The molecule has 20 heavy (non-hydrogen) atoms. The van der Waals surface area contributed by atoms with Crippen LogP contribution in [0.1, 0.15) is 53.9 Å². The molecule has 0 aliphatic heterocycles. The number of esters is 1. The Morgan fingerprint density at radius 2 is 1.85 bits per heavy atom. The van der Waals surface area contributed by atoms with Gasteiger partial charge in [-0.15, -0.1) is 0 Å². The van der Waals surface area contributed by atoms with Crippen molar-refractivity contribution in [2.45, 2.75) is 59.4 Å². The first kappa shape index (κ1) is 19.4. The minimum Gasteiger partial charge on any atom is -0.465 e. The van der Waals surface area contributed by atoms with Gasteiger partial charge in [-0.2, -0.15) is 0 Å². The first-order valence-corrected chi connectivity index (χ1v) is 8.05. The number of hydrogen-bond donors (Lipinski definition) is 1. The predicted octanol–water partition coefficient (Wildman–Crippen LogP) is 2.68. The van der Waals surface area contributed by atoms with E-state index in [0.29, 0.717) is 6.61 Å². The molecule has 0 aliphatic rings. The van der Waals surface area contributed by atoms with Crippen molar-refractivity contribution in [1.29, 1.82) is 0 Å². The third kappa shape index (κ3) is 6.23. The molecule has 0 amide bonds. The summed E-state index contributed by atoms with van der Waals surface area (Å²) in [6, 6.07) is 0. The average Bonchev–Trinajstić information content (AvgIpc) is 2.47. The Morgan fingerprint density at radius 1 is 1.25 bits per heavy atom. The summed E-state index contributed by atoms with van der Waals surface area (Å²) in [7, 11) is 1.83. The Bertz CT molecular complexity index is 267. The Kier molecular flexibility index (Phi) is 9.86. The van der Waals surface area contributed by atoms with Gasteiger partial charge in [-0.05, 0) is 39.8 Å². The quantitative estimate of drug-likeness (QED) is 0.593. The zero-order valence-corrected chi connectivity index (χ0v) is 14.3. The minimum absolute atomic E-state index is 0.152. The van der Waals surface area contributed by atoms with E-state index in [2.05, 4.69) is 31.0 Å². The van der Waals surface area contributed by atoms with Gasteiger partial charge in [0.25, 0.3) is 0 Å². The molecule has 0 aliphatic carbocycles.